The molecule has 0 spiro atoms. The number of halogens is 2. The van der Waals surface area contributed by atoms with Crippen LogP contribution in [-0.2, 0) is 6.54 Å². The van der Waals surface area contributed by atoms with Crippen molar-refractivity contribution >= 4 is 23.2 Å². The Morgan fingerprint density at radius 1 is 1.35 bits per heavy atom. The molecule has 1 N–H and O–H groups in total. The Labute approximate surface area is 110 Å². The summed E-state index contributed by atoms with van der Waals surface area (Å²) in [6.45, 7) is 3.73. The second kappa shape index (κ2) is 5.54. The van der Waals surface area contributed by atoms with Crippen LogP contribution in [0, 0.1) is 0 Å². The van der Waals surface area contributed by atoms with E-state index in [0.717, 1.165) is 24.5 Å². The second-order valence-electron chi connectivity index (χ2n) is 3.63. The zero-order valence-corrected chi connectivity index (χ0v) is 11.0. The molecule has 17 heavy (non-hydrogen) atoms. The van der Waals surface area contributed by atoms with Crippen LogP contribution in [0.15, 0.2) is 30.7 Å². The Morgan fingerprint density at radius 3 is 2.94 bits per heavy atom. The molecule has 3 nitrogen and oxygen atoms in total. The van der Waals surface area contributed by atoms with Gasteiger partial charge in [-0.2, -0.15) is 0 Å². The third kappa shape index (κ3) is 2.80. The molecule has 0 unspecified atom stereocenters. The molecular formula is C12H13Cl2N3. The summed E-state index contributed by atoms with van der Waals surface area (Å²) < 4.78 is 1.88. The third-order valence-corrected chi connectivity index (χ3v) is 3.21. The minimum Gasteiger partial charge on any atom is -0.311 e. The molecule has 0 amide bonds. The van der Waals surface area contributed by atoms with E-state index in [0.29, 0.717) is 10.0 Å². The van der Waals surface area contributed by atoms with Crippen LogP contribution < -0.4 is 5.32 Å². The van der Waals surface area contributed by atoms with Gasteiger partial charge in [-0.3, -0.25) is 0 Å². The van der Waals surface area contributed by atoms with Crippen molar-refractivity contribution in [2.75, 3.05) is 6.54 Å². The van der Waals surface area contributed by atoms with Gasteiger partial charge in [0.15, 0.2) is 0 Å². The minimum absolute atomic E-state index is 0.543. The number of hydrogen-bond acceptors (Lipinski definition) is 2. The van der Waals surface area contributed by atoms with E-state index < -0.39 is 0 Å². The van der Waals surface area contributed by atoms with Crippen LogP contribution in [0.1, 0.15) is 12.6 Å². The van der Waals surface area contributed by atoms with Crippen molar-refractivity contribution in [1.29, 1.82) is 0 Å². The summed E-state index contributed by atoms with van der Waals surface area (Å²) in [7, 11) is 0. The number of hydrogen-bond donors (Lipinski definition) is 1. The van der Waals surface area contributed by atoms with E-state index in [1.165, 1.54) is 0 Å². The molecule has 1 aromatic carbocycles. The topological polar surface area (TPSA) is 29.9 Å². The molecule has 2 rings (SSSR count). The quantitative estimate of drug-likeness (QED) is 0.923. The molecule has 2 aromatic rings. The van der Waals surface area contributed by atoms with Crippen LogP contribution in [0.4, 0.5) is 0 Å². The van der Waals surface area contributed by atoms with Gasteiger partial charge in [-0.1, -0.05) is 36.2 Å². The van der Waals surface area contributed by atoms with Crippen molar-refractivity contribution in [3.63, 3.8) is 0 Å². The number of benzene rings is 1. The van der Waals surface area contributed by atoms with Gasteiger partial charge >= 0.3 is 0 Å². The summed E-state index contributed by atoms with van der Waals surface area (Å²) in [5.74, 6) is 0. The SMILES string of the molecule is CCNCc1cn(-c2cccc(Cl)c2Cl)cn1. The largest absolute Gasteiger partial charge is 0.311 e. The normalized spacial score (nSPS) is 10.8. The van der Waals surface area contributed by atoms with Gasteiger partial charge in [0.05, 0.1) is 27.8 Å². The van der Waals surface area contributed by atoms with Crippen molar-refractivity contribution in [3.8, 4) is 5.69 Å². The maximum Gasteiger partial charge on any atom is 0.0996 e. The van der Waals surface area contributed by atoms with Gasteiger partial charge in [0.25, 0.3) is 0 Å². The molecule has 0 aliphatic carbocycles. The average Bonchev–Trinajstić information content (AvgIpc) is 2.78. The Bertz CT molecular complexity index is 508. The van der Waals surface area contributed by atoms with E-state index in [9.17, 15) is 0 Å². The fourth-order valence-electron chi connectivity index (χ4n) is 1.53. The maximum atomic E-state index is 6.15. The molecule has 0 atom stereocenters. The van der Waals surface area contributed by atoms with Crippen molar-refractivity contribution in [1.82, 2.24) is 14.9 Å². The lowest BCUT2D eigenvalue weighted by molar-refractivity contribution is 0.713. The highest BCUT2D eigenvalue weighted by atomic mass is 35.5. The Balaban J connectivity index is 2.27. The van der Waals surface area contributed by atoms with Crippen LogP contribution in [0.25, 0.3) is 5.69 Å². The van der Waals surface area contributed by atoms with E-state index >= 15 is 0 Å². The highest BCUT2D eigenvalue weighted by Gasteiger charge is 2.07. The summed E-state index contributed by atoms with van der Waals surface area (Å²) in [5.41, 5.74) is 1.82. The number of nitrogens with zero attached hydrogens (tertiary/aromatic N) is 2. The molecule has 1 aromatic heterocycles. The Kier molecular flexibility index (Phi) is 4.05. The fourth-order valence-corrected chi connectivity index (χ4v) is 1.92. The fraction of sp³-hybridized carbons (Fsp3) is 0.250. The van der Waals surface area contributed by atoms with E-state index in [1.54, 1.807) is 12.4 Å². The maximum absolute atomic E-state index is 6.15. The summed E-state index contributed by atoms with van der Waals surface area (Å²) in [4.78, 5) is 4.30. The van der Waals surface area contributed by atoms with Crippen LogP contribution in [0.3, 0.4) is 0 Å². The summed E-state index contributed by atoms with van der Waals surface area (Å²) in [5, 5.41) is 4.31. The molecule has 0 fully saturated rings. The number of nitrogens with one attached hydrogen (secondary N) is 1. The van der Waals surface area contributed by atoms with Crippen molar-refractivity contribution in [2.45, 2.75) is 13.5 Å². The first-order chi connectivity index (χ1) is 8.22. The Morgan fingerprint density at radius 2 is 2.18 bits per heavy atom. The number of imidazole rings is 1. The molecule has 0 saturated carbocycles. The number of aromatic nitrogens is 2. The predicted octanol–water partition coefficient (Wildman–Crippen LogP) is 3.29. The van der Waals surface area contributed by atoms with Crippen molar-refractivity contribution in [2.24, 2.45) is 0 Å². The Hall–Kier alpha value is -1.03. The van der Waals surface area contributed by atoms with E-state index in [2.05, 4.69) is 17.2 Å². The number of rotatable bonds is 4. The molecule has 0 aliphatic heterocycles. The van der Waals surface area contributed by atoms with Crippen molar-refractivity contribution in [3.05, 3.63) is 46.5 Å². The average molecular weight is 270 g/mol. The summed E-state index contributed by atoms with van der Waals surface area (Å²) >= 11 is 12.1. The molecule has 0 bridgehead atoms. The molecule has 90 valence electrons. The first kappa shape index (κ1) is 12.4. The van der Waals surface area contributed by atoms with E-state index in [1.807, 2.05) is 22.9 Å². The van der Waals surface area contributed by atoms with Gasteiger partial charge in [0.2, 0.25) is 0 Å². The first-order valence-corrected chi connectivity index (χ1v) is 6.16. The minimum atomic E-state index is 0.543. The van der Waals surface area contributed by atoms with Gasteiger partial charge in [0.1, 0.15) is 0 Å². The molecule has 0 aliphatic rings. The predicted molar refractivity (Wildman–Crippen MR) is 71.0 cm³/mol. The van der Waals surface area contributed by atoms with Crippen LogP contribution in [0.2, 0.25) is 10.0 Å². The molecule has 0 saturated heterocycles. The van der Waals surface area contributed by atoms with E-state index in [-0.39, 0.29) is 0 Å². The zero-order valence-electron chi connectivity index (χ0n) is 9.45. The van der Waals surface area contributed by atoms with Crippen molar-refractivity contribution < 1.29 is 0 Å². The first-order valence-electron chi connectivity index (χ1n) is 5.40. The van der Waals surface area contributed by atoms with Crippen LogP contribution >= 0.6 is 23.2 Å². The monoisotopic (exact) mass is 269 g/mol. The highest BCUT2D eigenvalue weighted by Crippen LogP contribution is 2.28. The summed E-state index contributed by atoms with van der Waals surface area (Å²) in [6, 6.07) is 5.55. The standard InChI is InChI=1S/C12H13Cl2N3/c1-2-15-6-9-7-17(8-16-9)11-5-3-4-10(13)12(11)14/h3-5,7-8,15H,2,6H2,1H3. The smallest absolute Gasteiger partial charge is 0.0996 e. The lowest BCUT2D eigenvalue weighted by Gasteiger charge is -2.05. The molecule has 1 heterocycles. The molecule has 0 radical (unpaired) electrons. The van der Waals surface area contributed by atoms with Crippen LogP contribution in [0.5, 0.6) is 0 Å². The highest BCUT2D eigenvalue weighted by molar-refractivity contribution is 6.43. The van der Waals surface area contributed by atoms with Gasteiger partial charge < -0.3 is 9.88 Å². The van der Waals surface area contributed by atoms with Gasteiger partial charge in [0, 0.05) is 12.7 Å². The lowest BCUT2D eigenvalue weighted by Crippen LogP contribution is -2.11. The summed E-state index contributed by atoms with van der Waals surface area (Å²) in [6.07, 6.45) is 3.68. The third-order valence-electron chi connectivity index (χ3n) is 2.40. The van der Waals surface area contributed by atoms with Gasteiger partial charge in [-0.15, -0.1) is 0 Å². The van der Waals surface area contributed by atoms with Gasteiger partial charge in [-0.05, 0) is 18.7 Å². The molecular weight excluding hydrogens is 257 g/mol. The van der Waals surface area contributed by atoms with Gasteiger partial charge in [-0.25, -0.2) is 4.98 Å². The second-order valence-corrected chi connectivity index (χ2v) is 4.41. The zero-order chi connectivity index (χ0) is 12.3. The lowest BCUT2D eigenvalue weighted by atomic mass is 10.3. The van der Waals surface area contributed by atoms with Crippen LogP contribution in [-0.4, -0.2) is 16.1 Å². The van der Waals surface area contributed by atoms with E-state index in [4.69, 9.17) is 23.2 Å². The molecule has 5 heteroatoms.